The zero-order valence-electron chi connectivity index (χ0n) is 9.94. The molecule has 0 bridgehead atoms. The third-order valence-corrected chi connectivity index (χ3v) is 2.44. The fourth-order valence-corrected chi connectivity index (χ4v) is 1.52. The third kappa shape index (κ3) is 4.24. The van der Waals surface area contributed by atoms with Crippen molar-refractivity contribution >= 4 is 11.9 Å². The van der Waals surface area contributed by atoms with Crippen LogP contribution in [-0.4, -0.2) is 18.0 Å². The largest absolute Gasteiger partial charge is 0.351 e. The van der Waals surface area contributed by atoms with Gasteiger partial charge in [0, 0.05) is 6.04 Å². The fraction of sp³-hybridized carbons (Fsp3) is 0.333. The van der Waals surface area contributed by atoms with E-state index in [1.54, 1.807) is 6.92 Å². The van der Waals surface area contributed by atoms with Gasteiger partial charge in [-0.3, -0.25) is 15.4 Å². The number of hydrogen-bond acceptors (Lipinski definition) is 3. The van der Waals surface area contributed by atoms with Crippen LogP contribution in [0.5, 0.6) is 0 Å². The summed E-state index contributed by atoms with van der Waals surface area (Å²) in [5.74, 6) is -0.430. The molecular weight excluding hydrogens is 218 g/mol. The summed E-state index contributed by atoms with van der Waals surface area (Å²) in [6.45, 7) is 3.63. The van der Waals surface area contributed by atoms with Crippen molar-refractivity contribution < 1.29 is 9.59 Å². The van der Waals surface area contributed by atoms with Crippen LogP contribution >= 0.6 is 0 Å². The molecule has 0 aromatic heterocycles. The SMILES string of the molecule is CC(NC(C)c1ccccc1)C(=O)NC(N)=O. The number of primary amides is 1. The molecule has 1 rings (SSSR count). The van der Waals surface area contributed by atoms with E-state index in [-0.39, 0.29) is 6.04 Å². The number of rotatable bonds is 4. The van der Waals surface area contributed by atoms with Gasteiger partial charge in [0.05, 0.1) is 6.04 Å². The highest BCUT2D eigenvalue weighted by Gasteiger charge is 2.16. The molecule has 0 spiro atoms. The molecule has 4 N–H and O–H groups in total. The van der Waals surface area contributed by atoms with Gasteiger partial charge in [0.25, 0.3) is 0 Å². The first kappa shape index (κ1) is 13.2. The first-order valence-electron chi connectivity index (χ1n) is 5.42. The van der Waals surface area contributed by atoms with Gasteiger partial charge in [-0.05, 0) is 19.4 Å². The second-order valence-electron chi connectivity index (χ2n) is 3.87. The Hall–Kier alpha value is -1.88. The van der Waals surface area contributed by atoms with Gasteiger partial charge >= 0.3 is 6.03 Å². The van der Waals surface area contributed by atoms with Crippen molar-refractivity contribution in [1.82, 2.24) is 10.6 Å². The number of urea groups is 1. The van der Waals surface area contributed by atoms with Crippen LogP contribution in [0.4, 0.5) is 4.79 Å². The lowest BCUT2D eigenvalue weighted by Gasteiger charge is -2.19. The number of benzene rings is 1. The molecule has 1 aromatic rings. The second-order valence-corrected chi connectivity index (χ2v) is 3.87. The van der Waals surface area contributed by atoms with Gasteiger partial charge < -0.3 is 5.73 Å². The minimum Gasteiger partial charge on any atom is -0.351 e. The number of amides is 3. The van der Waals surface area contributed by atoms with Gasteiger partial charge in [0.1, 0.15) is 0 Å². The van der Waals surface area contributed by atoms with E-state index >= 15 is 0 Å². The van der Waals surface area contributed by atoms with Crippen LogP contribution in [-0.2, 0) is 4.79 Å². The van der Waals surface area contributed by atoms with E-state index in [1.807, 2.05) is 42.6 Å². The van der Waals surface area contributed by atoms with Gasteiger partial charge in [-0.15, -0.1) is 0 Å². The molecule has 0 heterocycles. The fourth-order valence-electron chi connectivity index (χ4n) is 1.52. The Kier molecular flexibility index (Phi) is 4.66. The number of carbonyl (C=O) groups is 2. The van der Waals surface area contributed by atoms with Gasteiger partial charge in [0.2, 0.25) is 5.91 Å². The highest BCUT2D eigenvalue weighted by Crippen LogP contribution is 2.11. The molecule has 0 fully saturated rings. The van der Waals surface area contributed by atoms with E-state index in [2.05, 4.69) is 5.32 Å². The summed E-state index contributed by atoms with van der Waals surface area (Å²) in [6, 6.07) is 8.42. The highest BCUT2D eigenvalue weighted by molar-refractivity contribution is 5.96. The Bertz CT molecular complexity index is 392. The van der Waals surface area contributed by atoms with Crippen molar-refractivity contribution in [3.63, 3.8) is 0 Å². The Morgan fingerprint density at radius 2 is 1.76 bits per heavy atom. The molecule has 1 aromatic carbocycles. The van der Waals surface area contributed by atoms with Crippen LogP contribution in [0.3, 0.4) is 0 Å². The van der Waals surface area contributed by atoms with Crippen molar-refractivity contribution in [3.05, 3.63) is 35.9 Å². The van der Waals surface area contributed by atoms with Crippen molar-refractivity contribution in [2.24, 2.45) is 5.73 Å². The topological polar surface area (TPSA) is 84.2 Å². The smallest absolute Gasteiger partial charge is 0.318 e. The molecule has 0 aliphatic rings. The quantitative estimate of drug-likeness (QED) is 0.725. The third-order valence-electron chi connectivity index (χ3n) is 2.44. The van der Waals surface area contributed by atoms with E-state index in [0.29, 0.717) is 0 Å². The molecule has 5 nitrogen and oxygen atoms in total. The molecule has 0 aliphatic heterocycles. The first-order chi connectivity index (χ1) is 8.00. The minimum absolute atomic E-state index is 0.0184. The van der Waals surface area contributed by atoms with Crippen LogP contribution < -0.4 is 16.4 Å². The monoisotopic (exact) mass is 235 g/mol. The summed E-state index contributed by atoms with van der Waals surface area (Å²) >= 11 is 0. The summed E-state index contributed by atoms with van der Waals surface area (Å²) < 4.78 is 0. The predicted molar refractivity (Wildman–Crippen MR) is 65.2 cm³/mol. The van der Waals surface area contributed by atoms with Crippen molar-refractivity contribution in [1.29, 1.82) is 0 Å². The van der Waals surface area contributed by atoms with Crippen molar-refractivity contribution in [2.75, 3.05) is 0 Å². The number of nitrogens with one attached hydrogen (secondary N) is 2. The van der Waals surface area contributed by atoms with E-state index in [4.69, 9.17) is 5.73 Å². The lowest BCUT2D eigenvalue weighted by atomic mass is 10.1. The molecule has 0 saturated heterocycles. The Balaban J connectivity index is 2.54. The summed E-state index contributed by atoms with van der Waals surface area (Å²) in [5, 5.41) is 5.12. The molecule has 2 unspecified atom stereocenters. The van der Waals surface area contributed by atoms with E-state index in [0.717, 1.165) is 5.56 Å². The Morgan fingerprint density at radius 3 is 2.29 bits per heavy atom. The molecule has 3 amide bonds. The minimum atomic E-state index is -0.837. The average molecular weight is 235 g/mol. The zero-order chi connectivity index (χ0) is 12.8. The van der Waals surface area contributed by atoms with Gasteiger partial charge in [-0.2, -0.15) is 0 Å². The van der Waals surface area contributed by atoms with Crippen LogP contribution in [0.15, 0.2) is 30.3 Å². The second kappa shape index (κ2) is 6.00. The highest BCUT2D eigenvalue weighted by atomic mass is 16.2. The zero-order valence-corrected chi connectivity index (χ0v) is 9.94. The van der Waals surface area contributed by atoms with E-state index < -0.39 is 18.0 Å². The summed E-state index contributed by atoms with van der Waals surface area (Å²) in [4.78, 5) is 22.0. The predicted octanol–water partition coefficient (Wildman–Crippen LogP) is 0.921. The molecule has 0 saturated carbocycles. The van der Waals surface area contributed by atoms with E-state index in [9.17, 15) is 9.59 Å². The van der Waals surface area contributed by atoms with Gasteiger partial charge in [-0.1, -0.05) is 30.3 Å². The molecular formula is C12H17N3O2. The number of imide groups is 1. The molecule has 0 radical (unpaired) electrons. The first-order valence-corrected chi connectivity index (χ1v) is 5.42. The Morgan fingerprint density at radius 1 is 1.18 bits per heavy atom. The number of carbonyl (C=O) groups excluding carboxylic acids is 2. The van der Waals surface area contributed by atoms with Gasteiger partial charge in [0.15, 0.2) is 0 Å². The molecule has 5 heteroatoms. The van der Waals surface area contributed by atoms with Crippen molar-refractivity contribution in [3.8, 4) is 0 Å². The average Bonchev–Trinajstić information content (AvgIpc) is 2.29. The van der Waals surface area contributed by atoms with Crippen LogP contribution in [0.25, 0.3) is 0 Å². The normalized spacial score (nSPS) is 13.8. The Labute approximate surface area is 100 Å². The van der Waals surface area contributed by atoms with Crippen LogP contribution in [0.1, 0.15) is 25.5 Å². The van der Waals surface area contributed by atoms with Crippen molar-refractivity contribution in [2.45, 2.75) is 25.9 Å². The molecule has 0 aliphatic carbocycles. The lowest BCUT2D eigenvalue weighted by Crippen LogP contribution is -2.47. The summed E-state index contributed by atoms with van der Waals surface area (Å²) in [5.41, 5.74) is 5.95. The van der Waals surface area contributed by atoms with Gasteiger partial charge in [-0.25, -0.2) is 4.79 Å². The lowest BCUT2D eigenvalue weighted by molar-refractivity contribution is -0.121. The summed E-state index contributed by atoms with van der Waals surface area (Å²) in [6.07, 6.45) is 0. The number of nitrogens with two attached hydrogens (primary N) is 1. The number of hydrogen-bond donors (Lipinski definition) is 3. The maximum Gasteiger partial charge on any atom is 0.318 e. The standard InChI is InChI=1S/C12H17N3O2/c1-8(10-6-4-3-5-7-10)14-9(2)11(16)15-12(13)17/h3-9,14H,1-2H3,(H3,13,15,16,17). The van der Waals surface area contributed by atoms with E-state index in [1.165, 1.54) is 0 Å². The summed E-state index contributed by atoms with van der Waals surface area (Å²) in [7, 11) is 0. The molecule has 17 heavy (non-hydrogen) atoms. The molecule has 2 atom stereocenters. The maximum absolute atomic E-state index is 11.4. The van der Waals surface area contributed by atoms with Crippen LogP contribution in [0.2, 0.25) is 0 Å². The maximum atomic E-state index is 11.4. The molecule has 92 valence electrons. The van der Waals surface area contributed by atoms with Crippen LogP contribution in [0, 0.1) is 0 Å².